The standard InChI is InChI=1S/C23H25ClN6O5/c1-13(31)19(11-21(33)34)28-23(35)30-29-20(32)10-15(14-6-8-16(24)9-7-14)12-25-22-26-17-4-2-3-5-18(17)27-22/h2-9,15,19H,10-12H2,1H3,(H,29,32)(H,33,34)(H2,25,26,27)(H2,28,30,35). The van der Waals surface area contributed by atoms with Crippen LogP contribution in [0.1, 0.15) is 31.2 Å². The molecule has 0 bridgehead atoms. The van der Waals surface area contributed by atoms with Gasteiger partial charge < -0.3 is 20.7 Å². The maximum Gasteiger partial charge on any atom is 0.334 e. The second-order valence-electron chi connectivity index (χ2n) is 7.84. The number of para-hydroxylation sites is 2. The quantitative estimate of drug-likeness (QED) is 0.233. The first-order valence-electron chi connectivity index (χ1n) is 10.7. The Morgan fingerprint density at radius 3 is 2.40 bits per heavy atom. The van der Waals surface area contributed by atoms with Gasteiger partial charge in [0.05, 0.1) is 23.5 Å². The molecule has 3 aromatic rings. The lowest BCUT2D eigenvalue weighted by Gasteiger charge is -2.19. The highest BCUT2D eigenvalue weighted by Crippen LogP contribution is 2.23. The summed E-state index contributed by atoms with van der Waals surface area (Å²) in [5.74, 6) is -2.01. The van der Waals surface area contributed by atoms with Crippen molar-refractivity contribution in [3.8, 4) is 0 Å². The molecule has 35 heavy (non-hydrogen) atoms. The summed E-state index contributed by atoms with van der Waals surface area (Å²) >= 11 is 5.99. The van der Waals surface area contributed by atoms with Crippen LogP contribution in [0.4, 0.5) is 10.7 Å². The Morgan fingerprint density at radius 2 is 1.74 bits per heavy atom. The number of anilines is 1. The van der Waals surface area contributed by atoms with Gasteiger partial charge in [-0.15, -0.1) is 0 Å². The summed E-state index contributed by atoms with van der Waals surface area (Å²) in [6.07, 6.45) is -0.566. The Morgan fingerprint density at radius 1 is 1.03 bits per heavy atom. The first-order chi connectivity index (χ1) is 16.7. The van der Waals surface area contributed by atoms with E-state index in [9.17, 15) is 19.2 Å². The fourth-order valence-electron chi connectivity index (χ4n) is 3.37. The first-order valence-corrected chi connectivity index (χ1v) is 11.1. The van der Waals surface area contributed by atoms with Crippen molar-refractivity contribution < 1.29 is 24.3 Å². The normalized spacial score (nSPS) is 12.4. The van der Waals surface area contributed by atoms with E-state index in [4.69, 9.17) is 16.7 Å². The third-order valence-electron chi connectivity index (χ3n) is 5.17. The molecule has 0 fully saturated rings. The number of benzene rings is 2. The fraction of sp³-hybridized carbons (Fsp3) is 0.261. The molecule has 0 radical (unpaired) electrons. The number of nitrogens with one attached hydrogen (secondary N) is 5. The minimum absolute atomic E-state index is 0.000400. The van der Waals surface area contributed by atoms with Gasteiger partial charge in [-0.25, -0.2) is 15.2 Å². The molecule has 0 spiro atoms. The van der Waals surface area contributed by atoms with Crippen molar-refractivity contribution in [1.29, 1.82) is 0 Å². The number of aromatic nitrogens is 2. The van der Waals surface area contributed by atoms with Crippen molar-refractivity contribution in [2.75, 3.05) is 11.9 Å². The van der Waals surface area contributed by atoms with Crippen molar-refractivity contribution in [1.82, 2.24) is 26.1 Å². The van der Waals surface area contributed by atoms with E-state index in [0.29, 0.717) is 17.5 Å². The molecule has 0 aliphatic heterocycles. The van der Waals surface area contributed by atoms with E-state index in [2.05, 4.69) is 31.5 Å². The van der Waals surface area contributed by atoms with Crippen LogP contribution in [0.3, 0.4) is 0 Å². The molecule has 2 unspecified atom stereocenters. The van der Waals surface area contributed by atoms with Crippen LogP contribution >= 0.6 is 11.6 Å². The molecule has 0 saturated carbocycles. The number of carbonyl (C=O) groups is 4. The molecule has 11 nitrogen and oxygen atoms in total. The number of Topliss-reactive ketones (excluding diaryl/α,β-unsaturated/α-hetero) is 1. The lowest BCUT2D eigenvalue weighted by Crippen LogP contribution is -2.52. The molecular weight excluding hydrogens is 476 g/mol. The zero-order chi connectivity index (χ0) is 25.4. The minimum Gasteiger partial charge on any atom is -0.481 e. The number of H-pyrrole nitrogens is 1. The molecule has 1 heterocycles. The second-order valence-corrected chi connectivity index (χ2v) is 8.28. The summed E-state index contributed by atoms with van der Waals surface area (Å²) in [6, 6.07) is 12.5. The number of imidazole rings is 1. The van der Waals surface area contributed by atoms with E-state index in [1.54, 1.807) is 12.1 Å². The molecule has 0 aliphatic carbocycles. The molecule has 3 amide bonds. The molecule has 12 heteroatoms. The smallest absolute Gasteiger partial charge is 0.334 e. The summed E-state index contributed by atoms with van der Waals surface area (Å²) in [4.78, 5) is 54.6. The van der Waals surface area contributed by atoms with E-state index in [0.717, 1.165) is 23.5 Å². The number of amides is 3. The summed E-state index contributed by atoms with van der Waals surface area (Å²) in [5.41, 5.74) is 6.94. The van der Waals surface area contributed by atoms with E-state index in [1.807, 2.05) is 36.4 Å². The molecule has 184 valence electrons. The number of rotatable bonds is 10. The van der Waals surface area contributed by atoms with Crippen molar-refractivity contribution in [2.24, 2.45) is 0 Å². The largest absolute Gasteiger partial charge is 0.481 e. The molecule has 1 aromatic heterocycles. The minimum atomic E-state index is -1.24. The summed E-state index contributed by atoms with van der Waals surface area (Å²) in [5, 5.41) is 14.8. The van der Waals surface area contributed by atoms with Gasteiger partial charge in [0, 0.05) is 23.9 Å². The molecule has 0 aliphatic rings. The van der Waals surface area contributed by atoms with Crippen LogP contribution in [0.25, 0.3) is 11.0 Å². The molecule has 6 N–H and O–H groups in total. The van der Waals surface area contributed by atoms with E-state index >= 15 is 0 Å². The zero-order valence-corrected chi connectivity index (χ0v) is 19.6. The number of nitrogens with zero attached hydrogens (tertiary/aromatic N) is 1. The fourth-order valence-corrected chi connectivity index (χ4v) is 3.49. The Balaban J connectivity index is 1.60. The summed E-state index contributed by atoms with van der Waals surface area (Å²) in [7, 11) is 0. The monoisotopic (exact) mass is 500 g/mol. The van der Waals surface area contributed by atoms with Gasteiger partial charge in [-0.2, -0.15) is 0 Å². The average Bonchev–Trinajstić information content (AvgIpc) is 3.23. The van der Waals surface area contributed by atoms with Crippen LogP contribution in [0.5, 0.6) is 0 Å². The van der Waals surface area contributed by atoms with Crippen LogP contribution in [0.2, 0.25) is 5.02 Å². The van der Waals surface area contributed by atoms with Gasteiger partial charge in [-0.1, -0.05) is 35.9 Å². The van der Waals surface area contributed by atoms with E-state index in [-0.39, 0.29) is 12.3 Å². The van der Waals surface area contributed by atoms with Crippen molar-refractivity contribution in [2.45, 2.75) is 31.7 Å². The van der Waals surface area contributed by atoms with Gasteiger partial charge in [0.1, 0.15) is 0 Å². The summed E-state index contributed by atoms with van der Waals surface area (Å²) in [6.45, 7) is 1.52. The number of carboxylic acid groups (broad SMARTS) is 1. The predicted molar refractivity (Wildman–Crippen MR) is 130 cm³/mol. The topological polar surface area (TPSA) is 165 Å². The Labute approximate surface area is 205 Å². The van der Waals surface area contributed by atoms with Gasteiger partial charge in [0.15, 0.2) is 5.78 Å². The highest BCUT2D eigenvalue weighted by atomic mass is 35.5. The maximum atomic E-state index is 12.6. The van der Waals surface area contributed by atoms with Gasteiger partial charge >= 0.3 is 12.0 Å². The van der Waals surface area contributed by atoms with E-state index in [1.165, 1.54) is 0 Å². The zero-order valence-electron chi connectivity index (χ0n) is 18.8. The van der Waals surface area contributed by atoms with Gasteiger partial charge in [0.25, 0.3) is 0 Å². The third kappa shape index (κ3) is 7.71. The van der Waals surface area contributed by atoms with Crippen molar-refractivity contribution in [3.05, 3.63) is 59.1 Å². The molecular formula is C23H25ClN6O5. The number of aromatic amines is 1. The maximum absolute atomic E-state index is 12.6. The number of hydrogen-bond donors (Lipinski definition) is 6. The lowest BCUT2D eigenvalue weighted by atomic mass is 9.95. The van der Waals surface area contributed by atoms with Crippen LogP contribution in [0, 0.1) is 0 Å². The van der Waals surface area contributed by atoms with Gasteiger partial charge in [0.2, 0.25) is 11.9 Å². The van der Waals surface area contributed by atoms with Crippen molar-refractivity contribution in [3.63, 3.8) is 0 Å². The molecule has 2 aromatic carbocycles. The van der Waals surface area contributed by atoms with Crippen molar-refractivity contribution >= 4 is 52.3 Å². The third-order valence-corrected chi connectivity index (χ3v) is 5.42. The van der Waals surface area contributed by atoms with Gasteiger partial charge in [-0.3, -0.25) is 19.8 Å². The highest BCUT2D eigenvalue weighted by molar-refractivity contribution is 6.30. The number of halogens is 1. The lowest BCUT2D eigenvalue weighted by molar-refractivity contribution is -0.139. The van der Waals surface area contributed by atoms with Crippen LogP contribution in [0.15, 0.2) is 48.5 Å². The number of hydrogen-bond acceptors (Lipinski definition) is 6. The first kappa shape index (κ1) is 25.5. The van der Waals surface area contributed by atoms with Crippen LogP contribution in [-0.2, 0) is 14.4 Å². The van der Waals surface area contributed by atoms with E-state index < -0.39 is 36.2 Å². The Kier molecular flexibility index (Phi) is 8.63. The van der Waals surface area contributed by atoms with Gasteiger partial charge in [-0.05, 0) is 36.8 Å². The predicted octanol–water partition coefficient (Wildman–Crippen LogP) is 2.56. The van der Waals surface area contributed by atoms with Crippen LogP contribution < -0.4 is 21.5 Å². The number of aliphatic carboxylic acids is 1. The number of carbonyl (C=O) groups excluding carboxylic acids is 3. The molecule has 0 saturated heterocycles. The Hall–Kier alpha value is -4.12. The number of urea groups is 1. The SMILES string of the molecule is CC(=O)C(CC(=O)O)NC(=O)NNC(=O)CC(CNc1nc2ccccc2[nH]1)c1ccc(Cl)cc1. The number of ketones is 1. The molecule has 3 rings (SSSR count). The number of hydrazine groups is 1. The number of carboxylic acids is 1. The summed E-state index contributed by atoms with van der Waals surface area (Å²) < 4.78 is 0. The molecule has 2 atom stereocenters. The number of fused-ring (bicyclic) bond motifs is 1. The average molecular weight is 501 g/mol. The highest BCUT2D eigenvalue weighted by Gasteiger charge is 2.21. The Bertz CT molecular complexity index is 1180. The van der Waals surface area contributed by atoms with Crippen LogP contribution in [-0.4, -0.2) is 51.4 Å². The second kappa shape index (κ2) is 11.8.